The Kier molecular flexibility index (Phi) is 5.79. The van der Waals surface area contributed by atoms with Crippen LogP contribution in [0.15, 0.2) is 85.2 Å². The SMILES string of the molecule is Cc1ccc(NC(=O)C(OC(=O)c2cccc(-n3cnnn3)c2)c2ccccc2)cc1. The molecule has 4 aromatic rings. The zero-order valence-electron chi connectivity index (χ0n) is 16.7. The number of carbonyl (C=O) groups excluding carboxylic acids is 2. The molecule has 0 spiro atoms. The molecule has 0 aliphatic heterocycles. The number of ether oxygens (including phenoxy) is 1. The highest BCUT2D eigenvalue weighted by molar-refractivity contribution is 5.98. The molecule has 0 bridgehead atoms. The van der Waals surface area contributed by atoms with E-state index in [0.29, 0.717) is 16.9 Å². The quantitative estimate of drug-likeness (QED) is 0.486. The molecule has 1 aromatic heterocycles. The van der Waals surface area contributed by atoms with E-state index in [9.17, 15) is 9.59 Å². The fraction of sp³-hybridized carbons (Fsp3) is 0.0870. The van der Waals surface area contributed by atoms with E-state index in [2.05, 4.69) is 20.8 Å². The zero-order valence-corrected chi connectivity index (χ0v) is 16.7. The van der Waals surface area contributed by atoms with Crippen LogP contribution in [0.2, 0.25) is 0 Å². The molecule has 0 fully saturated rings. The molecule has 0 saturated heterocycles. The fourth-order valence-corrected chi connectivity index (χ4v) is 2.98. The van der Waals surface area contributed by atoms with Crippen LogP contribution in [0, 0.1) is 6.92 Å². The second-order valence-electron chi connectivity index (χ2n) is 6.86. The number of hydrogen-bond acceptors (Lipinski definition) is 6. The lowest BCUT2D eigenvalue weighted by molar-refractivity contribution is -0.125. The maximum atomic E-state index is 13.0. The van der Waals surface area contributed by atoms with Gasteiger partial charge in [-0.05, 0) is 47.7 Å². The summed E-state index contributed by atoms with van der Waals surface area (Å²) < 4.78 is 7.07. The van der Waals surface area contributed by atoms with Gasteiger partial charge in [-0.2, -0.15) is 0 Å². The number of amides is 1. The molecule has 1 heterocycles. The normalized spacial score (nSPS) is 11.5. The van der Waals surface area contributed by atoms with Crippen molar-refractivity contribution < 1.29 is 14.3 Å². The molecule has 4 rings (SSSR count). The van der Waals surface area contributed by atoms with Crippen LogP contribution >= 0.6 is 0 Å². The smallest absolute Gasteiger partial charge is 0.339 e. The van der Waals surface area contributed by atoms with Gasteiger partial charge in [0, 0.05) is 11.3 Å². The highest BCUT2D eigenvalue weighted by Crippen LogP contribution is 2.22. The lowest BCUT2D eigenvalue weighted by atomic mass is 10.1. The highest BCUT2D eigenvalue weighted by atomic mass is 16.5. The van der Waals surface area contributed by atoms with Crippen LogP contribution in [0.1, 0.15) is 27.6 Å². The number of benzene rings is 3. The second-order valence-corrected chi connectivity index (χ2v) is 6.86. The largest absolute Gasteiger partial charge is 0.444 e. The minimum absolute atomic E-state index is 0.275. The van der Waals surface area contributed by atoms with Gasteiger partial charge in [0.2, 0.25) is 6.10 Å². The van der Waals surface area contributed by atoms with E-state index in [0.717, 1.165) is 5.56 Å². The van der Waals surface area contributed by atoms with E-state index in [1.807, 2.05) is 25.1 Å². The van der Waals surface area contributed by atoms with Gasteiger partial charge in [0.25, 0.3) is 5.91 Å². The van der Waals surface area contributed by atoms with Crippen LogP contribution in [-0.2, 0) is 9.53 Å². The first kappa shape index (κ1) is 20.0. The van der Waals surface area contributed by atoms with Crippen molar-refractivity contribution in [2.45, 2.75) is 13.0 Å². The van der Waals surface area contributed by atoms with Crippen molar-refractivity contribution in [3.63, 3.8) is 0 Å². The van der Waals surface area contributed by atoms with Gasteiger partial charge in [0.1, 0.15) is 6.33 Å². The van der Waals surface area contributed by atoms with E-state index >= 15 is 0 Å². The van der Waals surface area contributed by atoms with Crippen molar-refractivity contribution in [2.75, 3.05) is 5.32 Å². The maximum absolute atomic E-state index is 13.0. The second kappa shape index (κ2) is 9.00. The number of aryl methyl sites for hydroxylation is 1. The zero-order chi connectivity index (χ0) is 21.6. The van der Waals surface area contributed by atoms with E-state index in [-0.39, 0.29) is 5.56 Å². The summed E-state index contributed by atoms with van der Waals surface area (Å²) >= 11 is 0. The number of carbonyl (C=O) groups is 2. The number of anilines is 1. The first-order chi connectivity index (χ1) is 15.1. The Labute approximate surface area is 178 Å². The summed E-state index contributed by atoms with van der Waals surface area (Å²) in [7, 11) is 0. The van der Waals surface area contributed by atoms with Gasteiger partial charge in [-0.3, -0.25) is 4.79 Å². The topological polar surface area (TPSA) is 99.0 Å². The monoisotopic (exact) mass is 413 g/mol. The van der Waals surface area contributed by atoms with Crippen LogP contribution in [0.4, 0.5) is 5.69 Å². The molecule has 1 unspecified atom stereocenters. The number of tetrazole rings is 1. The molecular weight excluding hydrogens is 394 g/mol. The Morgan fingerprint density at radius 1 is 0.968 bits per heavy atom. The van der Waals surface area contributed by atoms with Gasteiger partial charge in [0.05, 0.1) is 11.3 Å². The molecule has 1 atom stereocenters. The van der Waals surface area contributed by atoms with Crippen LogP contribution in [0.5, 0.6) is 0 Å². The molecule has 0 saturated carbocycles. The summed E-state index contributed by atoms with van der Waals surface area (Å²) in [6.45, 7) is 1.96. The molecule has 0 radical (unpaired) electrons. The lowest BCUT2D eigenvalue weighted by Gasteiger charge is -2.18. The van der Waals surface area contributed by atoms with Gasteiger partial charge < -0.3 is 10.1 Å². The first-order valence-electron chi connectivity index (χ1n) is 9.57. The third-order valence-corrected chi connectivity index (χ3v) is 4.58. The van der Waals surface area contributed by atoms with Crippen LogP contribution in [0.3, 0.4) is 0 Å². The molecule has 31 heavy (non-hydrogen) atoms. The van der Waals surface area contributed by atoms with Crippen LogP contribution < -0.4 is 5.32 Å². The summed E-state index contributed by atoms with van der Waals surface area (Å²) in [5.74, 6) is -1.08. The highest BCUT2D eigenvalue weighted by Gasteiger charge is 2.26. The molecule has 1 amide bonds. The van der Waals surface area contributed by atoms with Crippen molar-refractivity contribution in [3.05, 3.63) is 102 Å². The van der Waals surface area contributed by atoms with Crippen molar-refractivity contribution in [1.29, 1.82) is 0 Å². The summed E-state index contributed by atoms with van der Waals surface area (Å²) in [6.07, 6.45) is 0.304. The number of nitrogens with zero attached hydrogens (tertiary/aromatic N) is 4. The van der Waals surface area contributed by atoms with Crippen LogP contribution in [-0.4, -0.2) is 32.1 Å². The van der Waals surface area contributed by atoms with E-state index < -0.39 is 18.0 Å². The standard InChI is InChI=1S/C23H19N5O3/c1-16-10-12-19(13-11-16)25-22(29)21(17-6-3-2-4-7-17)31-23(30)18-8-5-9-20(14-18)28-15-24-26-27-28/h2-15,21H,1H3,(H,25,29). The lowest BCUT2D eigenvalue weighted by Crippen LogP contribution is -2.26. The number of nitrogens with one attached hydrogen (secondary N) is 1. The molecule has 0 aliphatic rings. The van der Waals surface area contributed by atoms with Gasteiger partial charge in [-0.1, -0.05) is 54.1 Å². The van der Waals surface area contributed by atoms with Crippen molar-refractivity contribution in [3.8, 4) is 5.69 Å². The summed E-state index contributed by atoms with van der Waals surface area (Å²) in [5.41, 5.74) is 3.13. The Balaban J connectivity index is 1.57. The third-order valence-electron chi connectivity index (χ3n) is 4.58. The molecule has 3 aromatic carbocycles. The van der Waals surface area contributed by atoms with Gasteiger partial charge in [0.15, 0.2) is 0 Å². The van der Waals surface area contributed by atoms with Crippen molar-refractivity contribution >= 4 is 17.6 Å². The first-order valence-corrected chi connectivity index (χ1v) is 9.57. The molecule has 0 aliphatic carbocycles. The summed E-state index contributed by atoms with van der Waals surface area (Å²) in [4.78, 5) is 25.9. The average molecular weight is 413 g/mol. The molecule has 1 N–H and O–H groups in total. The molecule has 8 heteroatoms. The Morgan fingerprint density at radius 3 is 2.45 bits per heavy atom. The van der Waals surface area contributed by atoms with Gasteiger partial charge >= 0.3 is 5.97 Å². The summed E-state index contributed by atoms with van der Waals surface area (Å²) in [6, 6.07) is 22.9. The predicted molar refractivity (Wildman–Crippen MR) is 114 cm³/mol. The minimum Gasteiger partial charge on any atom is -0.444 e. The Hall–Kier alpha value is -4.33. The average Bonchev–Trinajstić information content (AvgIpc) is 3.34. The molecule has 8 nitrogen and oxygen atoms in total. The van der Waals surface area contributed by atoms with Gasteiger partial charge in [-0.25, -0.2) is 9.48 Å². The molecule has 154 valence electrons. The maximum Gasteiger partial charge on any atom is 0.339 e. The van der Waals surface area contributed by atoms with E-state index in [4.69, 9.17) is 4.74 Å². The predicted octanol–water partition coefficient (Wildman–Crippen LogP) is 3.51. The Morgan fingerprint density at radius 2 is 1.74 bits per heavy atom. The van der Waals surface area contributed by atoms with Crippen molar-refractivity contribution in [2.24, 2.45) is 0 Å². The number of aromatic nitrogens is 4. The fourth-order valence-electron chi connectivity index (χ4n) is 2.98. The van der Waals surface area contributed by atoms with Gasteiger partial charge in [-0.15, -0.1) is 5.10 Å². The third kappa shape index (κ3) is 4.81. The number of hydrogen-bond donors (Lipinski definition) is 1. The van der Waals surface area contributed by atoms with Crippen LogP contribution in [0.25, 0.3) is 5.69 Å². The Bertz CT molecular complexity index is 1180. The number of esters is 1. The van der Waals surface area contributed by atoms with Crippen molar-refractivity contribution in [1.82, 2.24) is 20.2 Å². The molecular formula is C23H19N5O3. The summed E-state index contributed by atoms with van der Waals surface area (Å²) in [5, 5.41) is 13.8. The van der Waals surface area contributed by atoms with E-state index in [1.165, 1.54) is 11.0 Å². The van der Waals surface area contributed by atoms with E-state index in [1.54, 1.807) is 60.7 Å². The number of rotatable bonds is 6. The minimum atomic E-state index is -1.12.